The van der Waals surface area contributed by atoms with Gasteiger partial charge in [0.2, 0.25) is 0 Å². The highest BCUT2D eigenvalue weighted by Gasteiger charge is 2.20. The Kier molecular flexibility index (Phi) is 8.96. The molecule has 5 nitrogen and oxygen atoms in total. The number of hydrogen-bond donors (Lipinski definition) is 2. The Morgan fingerprint density at radius 3 is 2.42 bits per heavy atom. The summed E-state index contributed by atoms with van der Waals surface area (Å²) in [5.41, 5.74) is 4.38. The molecule has 2 N–H and O–H groups in total. The van der Waals surface area contributed by atoms with Crippen LogP contribution in [0.25, 0.3) is 11.3 Å². The summed E-state index contributed by atoms with van der Waals surface area (Å²) >= 11 is 18.5. The van der Waals surface area contributed by atoms with E-state index in [-0.39, 0.29) is 18.3 Å². The van der Waals surface area contributed by atoms with Gasteiger partial charge in [-0.1, -0.05) is 53.0 Å². The van der Waals surface area contributed by atoms with Gasteiger partial charge in [-0.2, -0.15) is 0 Å². The number of halogens is 4. The highest BCUT2D eigenvalue weighted by molar-refractivity contribution is 6.43. The minimum Gasteiger partial charge on any atom is -0.368 e. The molecule has 0 aliphatic carbocycles. The molecule has 1 aliphatic rings. The molecule has 33 heavy (non-hydrogen) atoms. The Labute approximate surface area is 215 Å². The molecule has 3 aromatic rings. The SMILES string of the molecule is Cc1[nH]c(-c2ccc(Cl)cc2)cc1C(=O)NCCN1CCN(c2cccc(Cl)c2Cl)CC1.Cl. The first-order chi connectivity index (χ1) is 15.4. The molecule has 1 aromatic heterocycles. The second kappa shape index (κ2) is 11.5. The number of rotatable bonds is 6. The van der Waals surface area contributed by atoms with Crippen molar-refractivity contribution in [2.45, 2.75) is 6.92 Å². The molecule has 1 fully saturated rings. The van der Waals surface area contributed by atoms with Crippen molar-refractivity contribution in [1.29, 1.82) is 0 Å². The Balaban J connectivity index is 0.00000306. The van der Waals surface area contributed by atoms with Crippen molar-refractivity contribution in [1.82, 2.24) is 15.2 Å². The molecule has 0 unspecified atom stereocenters. The zero-order chi connectivity index (χ0) is 22.7. The lowest BCUT2D eigenvalue weighted by Crippen LogP contribution is -2.48. The molecule has 1 saturated heterocycles. The average Bonchev–Trinajstić information content (AvgIpc) is 3.18. The molecular formula is C24H26Cl4N4O. The van der Waals surface area contributed by atoms with Crippen molar-refractivity contribution in [3.63, 3.8) is 0 Å². The van der Waals surface area contributed by atoms with Crippen molar-refractivity contribution < 1.29 is 4.79 Å². The van der Waals surface area contributed by atoms with Crippen LogP contribution in [0.2, 0.25) is 15.1 Å². The van der Waals surface area contributed by atoms with Gasteiger partial charge in [0, 0.05) is 55.7 Å². The summed E-state index contributed by atoms with van der Waals surface area (Å²) in [6.07, 6.45) is 0. The zero-order valence-corrected chi connectivity index (χ0v) is 21.3. The zero-order valence-electron chi connectivity index (χ0n) is 18.2. The number of carbonyl (C=O) groups excluding carboxylic acids is 1. The molecule has 4 rings (SSSR count). The summed E-state index contributed by atoms with van der Waals surface area (Å²) in [4.78, 5) is 20.6. The lowest BCUT2D eigenvalue weighted by molar-refractivity contribution is 0.0947. The molecule has 176 valence electrons. The lowest BCUT2D eigenvalue weighted by atomic mass is 10.1. The highest BCUT2D eigenvalue weighted by atomic mass is 35.5. The van der Waals surface area contributed by atoms with Gasteiger partial charge in [-0.25, -0.2) is 0 Å². The first kappa shape index (κ1) is 25.7. The van der Waals surface area contributed by atoms with E-state index in [4.69, 9.17) is 34.8 Å². The van der Waals surface area contributed by atoms with Crippen LogP contribution in [0.15, 0.2) is 48.5 Å². The van der Waals surface area contributed by atoms with Crippen molar-refractivity contribution in [3.05, 3.63) is 74.9 Å². The van der Waals surface area contributed by atoms with Gasteiger partial charge in [0.1, 0.15) is 0 Å². The van der Waals surface area contributed by atoms with Crippen LogP contribution < -0.4 is 10.2 Å². The van der Waals surface area contributed by atoms with Gasteiger partial charge in [0.25, 0.3) is 5.91 Å². The molecule has 1 aliphatic heterocycles. The van der Waals surface area contributed by atoms with Gasteiger partial charge in [0.05, 0.1) is 21.3 Å². The number of aromatic amines is 1. The van der Waals surface area contributed by atoms with Crippen molar-refractivity contribution in [3.8, 4) is 11.3 Å². The molecule has 0 radical (unpaired) electrons. The standard InChI is InChI=1S/C24H25Cl3N4O.ClH/c1-16-19(15-21(29-16)17-5-7-18(25)8-6-17)24(32)28-9-10-30-11-13-31(14-12-30)22-4-2-3-20(26)23(22)27;/h2-8,15,29H,9-14H2,1H3,(H,28,32);1H. The fourth-order valence-electron chi connectivity index (χ4n) is 3.95. The molecule has 0 saturated carbocycles. The monoisotopic (exact) mass is 526 g/mol. The number of nitrogens with one attached hydrogen (secondary N) is 2. The maximum absolute atomic E-state index is 12.7. The van der Waals surface area contributed by atoms with Crippen molar-refractivity contribution in [2.75, 3.05) is 44.2 Å². The predicted octanol–water partition coefficient (Wildman–Crippen LogP) is 5.92. The van der Waals surface area contributed by atoms with E-state index < -0.39 is 0 Å². The number of nitrogens with zero attached hydrogens (tertiary/aromatic N) is 2. The van der Waals surface area contributed by atoms with Gasteiger partial charge in [-0.15, -0.1) is 12.4 Å². The Morgan fingerprint density at radius 1 is 1.03 bits per heavy atom. The maximum atomic E-state index is 12.7. The van der Waals surface area contributed by atoms with E-state index in [1.54, 1.807) is 6.07 Å². The number of amides is 1. The number of anilines is 1. The van der Waals surface area contributed by atoms with Crippen LogP contribution in [0, 0.1) is 6.92 Å². The normalized spacial score (nSPS) is 14.1. The number of H-pyrrole nitrogens is 1. The number of aryl methyl sites for hydroxylation is 1. The topological polar surface area (TPSA) is 51.4 Å². The third kappa shape index (κ3) is 6.17. The molecule has 0 bridgehead atoms. The molecule has 1 amide bonds. The van der Waals surface area contributed by atoms with E-state index in [0.29, 0.717) is 27.2 Å². The van der Waals surface area contributed by atoms with E-state index >= 15 is 0 Å². The lowest BCUT2D eigenvalue weighted by Gasteiger charge is -2.36. The van der Waals surface area contributed by atoms with Gasteiger partial charge < -0.3 is 15.2 Å². The van der Waals surface area contributed by atoms with Crippen LogP contribution in [0.1, 0.15) is 16.1 Å². The predicted molar refractivity (Wildman–Crippen MR) is 141 cm³/mol. The third-order valence-corrected chi connectivity index (χ3v) is 6.83. The quantitative estimate of drug-likeness (QED) is 0.418. The van der Waals surface area contributed by atoms with Crippen LogP contribution in [0.3, 0.4) is 0 Å². The van der Waals surface area contributed by atoms with Crippen LogP contribution in [-0.4, -0.2) is 55.1 Å². The van der Waals surface area contributed by atoms with Crippen molar-refractivity contribution >= 4 is 58.8 Å². The average molecular weight is 528 g/mol. The third-order valence-electron chi connectivity index (χ3n) is 5.77. The minimum atomic E-state index is -0.0664. The van der Waals surface area contributed by atoms with Crippen LogP contribution in [0.5, 0.6) is 0 Å². The van der Waals surface area contributed by atoms with Gasteiger partial charge in [-0.05, 0) is 42.8 Å². The number of piperazine rings is 1. The Hall–Kier alpha value is -1.89. The second-order valence-corrected chi connectivity index (χ2v) is 9.11. The first-order valence-electron chi connectivity index (χ1n) is 10.6. The van der Waals surface area contributed by atoms with E-state index in [0.717, 1.165) is 55.4 Å². The fourth-order valence-corrected chi connectivity index (χ4v) is 4.49. The van der Waals surface area contributed by atoms with Crippen LogP contribution in [0.4, 0.5) is 5.69 Å². The van der Waals surface area contributed by atoms with E-state index in [2.05, 4.69) is 20.1 Å². The van der Waals surface area contributed by atoms with Crippen LogP contribution >= 0.6 is 47.2 Å². The van der Waals surface area contributed by atoms with Gasteiger partial charge in [-0.3, -0.25) is 9.69 Å². The highest BCUT2D eigenvalue weighted by Crippen LogP contribution is 2.32. The maximum Gasteiger partial charge on any atom is 0.253 e. The Morgan fingerprint density at radius 2 is 1.73 bits per heavy atom. The smallest absolute Gasteiger partial charge is 0.253 e. The summed E-state index contributed by atoms with van der Waals surface area (Å²) in [6.45, 7) is 6.86. The fraction of sp³-hybridized carbons (Fsp3) is 0.292. The summed E-state index contributed by atoms with van der Waals surface area (Å²) < 4.78 is 0. The number of carbonyl (C=O) groups is 1. The van der Waals surface area contributed by atoms with E-state index in [1.807, 2.05) is 49.4 Å². The number of benzene rings is 2. The summed E-state index contributed by atoms with van der Waals surface area (Å²) in [7, 11) is 0. The summed E-state index contributed by atoms with van der Waals surface area (Å²) in [6, 6.07) is 15.2. The Bertz CT molecular complexity index is 1090. The first-order valence-corrected chi connectivity index (χ1v) is 11.7. The summed E-state index contributed by atoms with van der Waals surface area (Å²) in [5, 5.41) is 4.92. The van der Waals surface area contributed by atoms with Crippen LogP contribution in [-0.2, 0) is 0 Å². The second-order valence-electron chi connectivity index (χ2n) is 7.89. The van der Waals surface area contributed by atoms with E-state index in [9.17, 15) is 4.79 Å². The molecule has 0 atom stereocenters. The summed E-state index contributed by atoms with van der Waals surface area (Å²) in [5.74, 6) is -0.0664. The van der Waals surface area contributed by atoms with Gasteiger partial charge >= 0.3 is 0 Å². The van der Waals surface area contributed by atoms with Crippen molar-refractivity contribution in [2.24, 2.45) is 0 Å². The molecule has 0 spiro atoms. The number of aromatic nitrogens is 1. The molecule has 9 heteroatoms. The minimum absolute atomic E-state index is 0. The largest absolute Gasteiger partial charge is 0.368 e. The molecule has 2 heterocycles. The number of hydrogen-bond acceptors (Lipinski definition) is 3. The molecular weight excluding hydrogens is 502 g/mol. The van der Waals surface area contributed by atoms with Gasteiger partial charge in [0.15, 0.2) is 0 Å². The van der Waals surface area contributed by atoms with E-state index in [1.165, 1.54) is 0 Å². The molecule has 2 aromatic carbocycles.